The minimum absolute atomic E-state index is 0.468. The monoisotopic (exact) mass is 302 g/mol. The van der Waals surface area contributed by atoms with Crippen LogP contribution in [0.3, 0.4) is 0 Å². The molecule has 0 aliphatic carbocycles. The van der Waals surface area contributed by atoms with Crippen LogP contribution in [0.2, 0.25) is 5.02 Å². The molecule has 0 saturated heterocycles. The van der Waals surface area contributed by atoms with E-state index in [0.29, 0.717) is 15.0 Å². The van der Waals surface area contributed by atoms with Crippen LogP contribution in [0.1, 0.15) is 39.0 Å². The van der Waals surface area contributed by atoms with Crippen molar-refractivity contribution in [2.24, 2.45) is 0 Å². The van der Waals surface area contributed by atoms with Gasteiger partial charge in [0.15, 0.2) is 0 Å². The quantitative estimate of drug-likeness (QED) is 0.524. The van der Waals surface area contributed by atoms with E-state index < -0.39 is 0 Å². The summed E-state index contributed by atoms with van der Waals surface area (Å²) in [5.41, 5.74) is 0. The Hall–Kier alpha value is -0.231. The summed E-state index contributed by atoms with van der Waals surface area (Å²) in [6.45, 7) is 2.25. The molecule has 0 amide bonds. The van der Waals surface area contributed by atoms with Crippen molar-refractivity contribution in [1.29, 1.82) is 0 Å². The molecule has 16 heavy (non-hydrogen) atoms. The predicted molar refractivity (Wildman–Crippen MR) is 74.7 cm³/mol. The number of unbranched alkanes of at least 4 members (excludes halogenated alkanes) is 4. The van der Waals surface area contributed by atoms with Gasteiger partial charge in [-0.3, -0.25) is 0 Å². The third-order valence-corrected chi connectivity index (χ3v) is 4.42. The molecule has 0 aliphatic heterocycles. The Morgan fingerprint density at radius 2 is 1.88 bits per heavy atom. The van der Waals surface area contributed by atoms with Gasteiger partial charge in [-0.25, -0.2) is 0 Å². The fraction of sp³-hybridized carbons (Fsp3) is 0.429. The van der Waals surface area contributed by atoms with Crippen LogP contribution >= 0.6 is 11.6 Å². The fourth-order valence-electron chi connectivity index (χ4n) is 1.40. The van der Waals surface area contributed by atoms with E-state index in [1.54, 1.807) is 0 Å². The number of allylic oxidation sites excluding steroid dienone is 1. The van der Waals surface area contributed by atoms with Crippen LogP contribution in [0.25, 0.3) is 0 Å². The molecule has 0 nitrogen and oxygen atoms in total. The first kappa shape index (κ1) is 13.8. The second kappa shape index (κ2) is 8.87. The zero-order valence-electron chi connectivity index (χ0n) is 9.79. The van der Waals surface area contributed by atoms with E-state index in [1.807, 2.05) is 12.1 Å². The maximum absolute atomic E-state index is 5.83. The molecule has 1 rings (SSSR count). The van der Waals surface area contributed by atoms with Crippen molar-refractivity contribution >= 4 is 31.0 Å². The van der Waals surface area contributed by atoms with Crippen molar-refractivity contribution in [3.8, 4) is 0 Å². The maximum atomic E-state index is 5.83. The average molecular weight is 302 g/mol. The third-order valence-electron chi connectivity index (χ3n) is 2.34. The molecule has 1 aromatic carbocycles. The SMILES string of the molecule is CCCCCC/C=C/[Se]c1ccc(Cl)cc1. The van der Waals surface area contributed by atoms with Crippen LogP contribution in [-0.2, 0) is 0 Å². The summed E-state index contributed by atoms with van der Waals surface area (Å²) in [6, 6.07) is 8.16. The normalized spacial score (nSPS) is 11.1. The Morgan fingerprint density at radius 3 is 2.56 bits per heavy atom. The van der Waals surface area contributed by atoms with Crippen LogP contribution in [0.15, 0.2) is 35.3 Å². The predicted octanol–water partition coefficient (Wildman–Crippen LogP) is 4.15. The van der Waals surface area contributed by atoms with E-state index in [1.165, 1.54) is 36.6 Å². The van der Waals surface area contributed by atoms with Gasteiger partial charge < -0.3 is 0 Å². The van der Waals surface area contributed by atoms with Gasteiger partial charge in [-0.1, -0.05) is 0 Å². The molecule has 0 unspecified atom stereocenters. The fourth-order valence-corrected chi connectivity index (χ4v) is 2.96. The molecule has 0 atom stereocenters. The average Bonchev–Trinajstić information content (AvgIpc) is 2.30. The molecule has 0 spiro atoms. The van der Waals surface area contributed by atoms with Gasteiger partial charge >= 0.3 is 110 Å². The Bertz CT molecular complexity index is 303. The van der Waals surface area contributed by atoms with Crippen molar-refractivity contribution < 1.29 is 0 Å². The number of benzene rings is 1. The molecule has 0 heterocycles. The second-order valence-electron chi connectivity index (χ2n) is 3.79. The zero-order chi connectivity index (χ0) is 11.6. The van der Waals surface area contributed by atoms with Gasteiger partial charge in [-0.15, -0.1) is 0 Å². The number of hydrogen-bond acceptors (Lipinski definition) is 0. The van der Waals surface area contributed by atoms with Gasteiger partial charge in [-0.05, 0) is 0 Å². The van der Waals surface area contributed by atoms with Gasteiger partial charge in [0.2, 0.25) is 0 Å². The van der Waals surface area contributed by atoms with Gasteiger partial charge in [0.05, 0.1) is 0 Å². The van der Waals surface area contributed by atoms with Crippen molar-refractivity contribution in [2.75, 3.05) is 0 Å². The van der Waals surface area contributed by atoms with Gasteiger partial charge in [0.25, 0.3) is 0 Å². The zero-order valence-corrected chi connectivity index (χ0v) is 12.3. The topological polar surface area (TPSA) is 0 Å². The van der Waals surface area contributed by atoms with E-state index in [0.717, 1.165) is 5.02 Å². The molecule has 0 saturated carbocycles. The Morgan fingerprint density at radius 1 is 1.12 bits per heavy atom. The van der Waals surface area contributed by atoms with E-state index in [4.69, 9.17) is 11.6 Å². The van der Waals surface area contributed by atoms with Crippen LogP contribution in [0.4, 0.5) is 0 Å². The number of hydrogen-bond donors (Lipinski definition) is 0. The summed E-state index contributed by atoms with van der Waals surface area (Å²) in [7, 11) is 0. The summed E-state index contributed by atoms with van der Waals surface area (Å²) in [5, 5.41) is 0.822. The first-order valence-corrected chi connectivity index (χ1v) is 8.12. The van der Waals surface area contributed by atoms with E-state index in [-0.39, 0.29) is 0 Å². The summed E-state index contributed by atoms with van der Waals surface area (Å²) in [4.78, 5) is 2.32. The summed E-state index contributed by atoms with van der Waals surface area (Å²) in [6.07, 6.45) is 8.95. The molecule has 0 aliphatic rings. The van der Waals surface area contributed by atoms with Gasteiger partial charge in [-0.2, -0.15) is 0 Å². The Labute approximate surface area is 110 Å². The molecule has 0 radical (unpaired) electrons. The molecule has 88 valence electrons. The summed E-state index contributed by atoms with van der Waals surface area (Å²) < 4.78 is 1.39. The van der Waals surface area contributed by atoms with Crippen LogP contribution in [-0.4, -0.2) is 15.0 Å². The first-order chi connectivity index (χ1) is 7.83. The minimum atomic E-state index is 0.468. The van der Waals surface area contributed by atoms with Crippen molar-refractivity contribution in [2.45, 2.75) is 39.0 Å². The number of halogens is 1. The molecular formula is C14H19ClSe. The van der Waals surface area contributed by atoms with Crippen LogP contribution < -0.4 is 4.46 Å². The van der Waals surface area contributed by atoms with Crippen LogP contribution in [0, 0.1) is 0 Å². The summed E-state index contributed by atoms with van der Waals surface area (Å²) in [5.74, 6) is 0. The van der Waals surface area contributed by atoms with Crippen molar-refractivity contribution in [1.82, 2.24) is 0 Å². The number of rotatable bonds is 7. The van der Waals surface area contributed by atoms with E-state index in [9.17, 15) is 0 Å². The standard InChI is InChI=1S/C14H19ClSe/c1-2-3-4-5-6-7-12-16-14-10-8-13(15)9-11-14/h7-12H,2-6H2,1H3/b12-7+. The molecule has 1 aromatic rings. The van der Waals surface area contributed by atoms with Gasteiger partial charge in [0.1, 0.15) is 0 Å². The van der Waals surface area contributed by atoms with Crippen LogP contribution in [0.5, 0.6) is 0 Å². The molecule has 0 fully saturated rings. The van der Waals surface area contributed by atoms with E-state index >= 15 is 0 Å². The van der Waals surface area contributed by atoms with E-state index in [2.05, 4.69) is 30.1 Å². The van der Waals surface area contributed by atoms with Crippen molar-refractivity contribution in [3.05, 3.63) is 40.3 Å². The van der Waals surface area contributed by atoms with Gasteiger partial charge in [0, 0.05) is 0 Å². The first-order valence-electron chi connectivity index (χ1n) is 5.90. The molecule has 2 heteroatoms. The molecule has 0 aromatic heterocycles. The molecule has 0 N–H and O–H groups in total. The Balaban J connectivity index is 2.14. The second-order valence-corrected chi connectivity index (χ2v) is 6.28. The summed E-state index contributed by atoms with van der Waals surface area (Å²) >= 11 is 6.30. The Kier molecular flexibility index (Phi) is 7.67. The molecule has 0 bridgehead atoms. The third kappa shape index (κ3) is 6.37. The van der Waals surface area contributed by atoms with Crippen molar-refractivity contribution in [3.63, 3.8) is 0 Å². The molecular weight excluding hydrogens is 283 g/mol.